The molecule has 0 aromatic rings. The summed E-state index contributed by atoms with van der Waals surface area (Å²) < 4.78 is 0. The molecule has 1 rings (SSSR count). The Labute approximate surface area is 78.5 Å². The van der Waals surface area contributed by atoms with Gasteiger partial charge in [-0.1, -0.05) is 5.57 Å². The van der Waals surface area contributed by atoms with Crippen LogP contribution in [0.1, 0.15) is 26.7 Å². The average molecular weight is 175 g/mol. The fourth-order valence-electron chi connectivity index (χ4n) is 1.82. The molecule has 0 bridgehead atoms. The van der Waals surface area contributed by atoms with Gasteiger partial charge in [0.2, 0.25) is 0 Å². The highest BCUT2D eigenvalue weighted by Gasteiger charge is 2.36. The lowest BCUT2D eigenvalue weighted by atomic mass is 9.72. The Hall–Kier alpha value is -1.48. The molecular formula is C10H13N3. The van der Waals surface area contributed by atoms with Gasteiger partial charge in [0.05, 0.1) is 23.5 Å². The van der Waals surface area contributed by atoms with Crippen LogP contribution in [0.15, 0.2) is 11.3 Å². The molecule has 0 heterocycles. The molecule has 68 valence electrons. The highest BCUT2D eigenvalue weighted by Crippen LogP contribution is 2.39. The van der Waals surface area contributed by atoms with E-state index in [4.69, 9.17) is 16.3 Å². The first-order valence-corrected chi connectivity index (χ1v) is 4.30. The van der Waals surface area contributed by atoms with E-state index in [2.05, 4.69) is 12.1 Å². The van der Waals surface area contributed by atoms with Gasteiger partial charge in [-0.05, 0) is 26.7 Å². The summed E-state index contributed by atoms with van der Waals surface area (Å²) in [5.74, 6) is -0.0584. The molecule has 0 aromatic carbocycles. The lowest BCUT2D eigenvalue weighted by Crippen LogP contribution is -2.31. The van der Waals surface area contributed by atoms with Gasteiger partial charge in [-0.15, -0.1) is 0 Å². The van der Waals surface area contributed by atoms with Crippen molar-refractivity contribution in [2.75, 3.05) is 0 Å². The molecule has 2 unspecified atom stereocenters. The van der Waals surface area contributed by atoms with E-state index in [0.717, 1.165) is 5.57 Å². The van der Waals surface area contributed by atoms with E-state index in [1.165, 1.54) is 0 Å². The molecule has 1 aliphatic rings. The number of hydrogen-bond donors (Lipinski definition) is 1. The Morgan fingerprint density at radius 3 is 2.62 bits per heavy atom. The average Bonchev–Trinajstić information content (AvgIpc) is 2.13. The molecule has 3 heteroatoms. The summed E-state index contributed by atoms with van der Waals surface area (Å²) in [6.07, 6.45) is 1.27. The maximum absolute atomic E-state index is 8.98. The number of rotatable bonds is 0. The van der Waals surface area contributed by atoms with Gasteiger partial charge in [0.1, 0.15) is 0 Å². The molecular weight excluding hydrogens is 162 g/mol. The zero-order valence-electron chi connectivity index (χ0n) is 7.96. The first kappa shape index (κ1) is 9.61. The van der Waals surface area contributed by atoms with E-state index in [-0.39, 0.29) is 5.92 Å². The zero-order chi connectivity index (χ0) is 10.1. The maximum atomic E-state index is 8.98. The van der Waals surface area contributed by atoms with Gasteiger partial charge in [0, 0.05) is 5.70 Å². The molecule has 0 saturated carbocycles. The SMILES string of the molecule is CC1=C(N)C(C)(C#N)CC(C#N)C1. The standard InChI is InChI=1S/C10H13N3/c1-7-3-8(5-11)4-10(2,6-12)9(7)13/h8H,3-4,13H2,1-2H3. The van der Waals surface area contributed by atoms with Gasteiger partial charge in [-0.25, -0.2) is 0 Å². The summed E-state index contributed by atoms with van der Waals surface area (Å²) in [5, 5.41) is 17.8. The minimum absolute atomic E-state index is 0.0584. The topological polar surface area (TPSA) is 73.6 Å². The van der Waals surface area contributed by atoms with E-state index in [1.54, 1.807) is 6.92 Å². The van der Waals surface area contributed by atoms with Gasteiger partial charge < -0.3 is 5.73 Å². The molecule has 0 aliphatic heterocycles. The number of allylic oxidation sites excluding steroid dienone is 2. The summed E-state index contributed by atoms with van der Waals surface area (Å²) in [4.78, 5) is 0. The summed E-state index contributed by atoms with van der Waals surface area (Å²) in [6, 6.07) is 4.39. The fraction of sp³-hybridized carbons (Fsp3) is 0.600. The van der Waals surface area contributed by atoms with Gasteiger partial charge in [0.25, 0.3) is 0 Å². The van der Waals surface area contributed by atoms with E-state index >= 15 is 0 Å². The molecule has 0 spiro atoms. The van der Waals surface area contributed by atoms with E-state index in [1.807, 2.05) is 6.92 Å². The van der Waals surface area contributed by atoms with Crippen LogP contribution in [0.25, 0.3) is 0 Å². The third kappa shape index (κ3) is 1.51. The number of hydrogen-bond acceptors (Lipinski definition) is 3. The van der Waals surface area contributed by atoms with Gasteiger partial charge in [-0.2, -0.15) is 10.5 Å². The highest BCUT2D eigenvalue weighted by molar-refractivity contribution is 5.29. The van der Waals surface area contributed by atoms with Crippen molar-refractivity contribution in [3.63, 3.8) is 0 Å². The number of nitriles is 2. The fourth-order valence-corrected chi connectivity index (χ4v) is 1.82. The summed E-state index contributed by atoms with van der Waals surface area (Å²) >= 11 is 0. The molecule has 13 heavy (non-hydrogen) atoms. The minimum Gasteiger partial charge on any atom is -0.401 e. The van der Waals surface area contributed by atoms with Gasteiger partial charge in [-0.3, -0.25) is 0 Å². The van der Waals surface area contributed by atoms with Crippen LogP contribution < -0.4 is 5.73 Å². The van der Waals surface area contributed by atoms with Crippen molar-refractivity contribution in [2.24, 2.45) is 17.1 Å². The van der Waals surface area contributed by atoms with E-state index in [0.29, 0.717) is 18.5 Å². The first-order valence-electron chi connectivity index (χ1n) is 4.30. The number of nitrogens with zero attached hydrogens (tertiary/aromatic N) is 2. The molecule has 0 radical (unpaired) electrons. The van der Waals surface area contributed by atoms with Crippen LogP contribution in [-0.4, -0.2) is 0 Å². The van der Waals surface area contributed by atoms with Gasteiger partial charge in [0.15, 0.2) is 0 Å². The van der Waals surface area contributed by atoms with Crippen molar-refractivity contribution in [1.82, 2.24) is 0 Å². The first-order chi connectivity index (χ1) is 6.03. The molecule has 0 amide bonds. The van der Waals surface area contributed by atoms with E-state index in [9.17, 15) is 0 Å². The van der Waals surface area contributed by atoms with Crippen LogP contribution in [0, 0.1) is 34.0 Å². The second kappa shape index (κ2) is 3.11. The normalized spacial score (nSPS) is 33.7. The summed E-state index contributed by atoms with van der Waals surface area (Å²) in [5.41, 5.74) is 6.84. The predicted octanol–water partition coefficient (Wildman–Crippen LogP) is 1.68. The van der Waals surface area contributed by atoms with Crippen LogP contribution in [0.3, 0.4) is 0 Å². The number of nitrogens with two attached hydrogens (primary N) is 1. The third-order valence-corrected chi connectivity index (χ3v) is 2.69. The van der Waals surface area contributed by atoms with Crippen molar-refractivity contribution in [3.05, 3.63) is 11.3 Å². The Morgan fingerprint density at radius 1 is 1.54 bits per heavy atom. The summed E-state index contributed by atoms with van der Waals surface area (Å²) in [6.45, 7) is 3.70. The van der Waals surface area contributed by atoms with E-state index < -0.39 is 5.41 Å². The predicted molar refractivity (Wildman–Crippen MR) is 48.9 cm³/mol. The second-order valence-electron chi connectivity index (χ2n) is 3.87. The summed E-state index contributed by atoms with van der Waals surface area (Å²) in [7, 11) is 0. The largest absolute Gasteiger partial charge is 0.401 e. The van der Waals surface area contributed by atoms with Crippen LogP contribution in [0.5, 0.6) is 0 Å². The van der Waals surface area contributed by atoms with Crippen LogP contribution >= 0.6 is 0 Å². The lowest BCUT2D eigenvalue weighted by molar-refractivity contribution is 0.372. The quantitative estimate of drug-likeness (QED) is 0.608. The van der Waals surface area contributed by atoms with Crippen molar-refractivity contribution in [1.29, 1.82) is 10.5 Å². The molecule has 0 aromatic heterocycles. The highest BCUT2D eigenvalue weighted by atomic mass is 14.7. The molecule has 1 aliphatic carbocycles. The monoisotopic (exact) mass is 175 g/mol. The van der Waals surface area contributed by atoms with Gasteiger partial charge >= 0.3 is 0 Å². The second-order valence-corrected chi connectivity index (χ2v) is 3.87. The van der Waals surface area contributed by atoms with Crippen LogP contribution in [-0.2, 0) is 0 Å². The Kier molecular flexibility index (Phi) is 2.30. The smallest absolute Gasteiger partial charge is 0.0949 e. The molecule has 0 fully saturated rings. The minimum atomic E-state index is -0.636. The maximum Gasteiger partial charge on any atom is 0.0949 e. The molecule has 2 atom stereocenters. The van der Waals surface area contributed by atoms with Crippen LogP contribution in [0.2, 0.25) is 0 Å². The van der Waals surface area contributed by atoms with Crippen molar-refractivity contribution in [2.45, 2.75) is 26.7 Å². The third-order valence-electron chi connectivity index (χ3n) is 2.69. The van der Waals surface area contributed by atoms with Crippen molar-refractivity contribution in [3.8, 4) is 12.1 Å². The Morgan fingerprint density at radius 2 is 2.15 bits per heavy atom. The van der Waals surface area contributed by atoms with Crippen LogP contribution in [0.4, 0.5) is 0 Å². The Bertz CT molecular complexity index is 329. The molecule has 3 nitrogen and oxygen atoms in total. The Balaban J connectivity index is 3.09. The lowest BCUT2D eigenvalue weighted by Gasteiger charge is -2.31. The van der Waals surface area contributed by atoms with Crippen molar-refractivity contribution < 1.29 is 0 Å². The molecule has 0 saturated heterocycles. The van der Waals surface area contributed by atoms with Crippen molar-refractivity contribution >= 4 is 0 Å². The molecule has 2 N–H and O–H groups in total. The zero-order valence-corrected chi connectivity index (χ0v) is 7.96.